The first kappa shape index (κ1) is 19.6. The minimum Gasteiger partial charge on any atom is -0.493 e. The molecule has 0 saturated carbocycles. The van der Waals surface area contributed by atoms with Crippen molar-refractivity contribution < 1.29 is 23.7 Å². The minimum atomic E-state index is -0.400. The van der Waals surface area contributed by atoms with E-state index in [1.165, 1.54) is 5.56 Å². The summed E-state index contributed by atoms with van der Waals surface area (Å²) >= 11 is 0. The van der Waals surface area contributed by atoms with Gasteiger partial charge >= 0.3 is 5.97 Å². The zero-order valence-corrected chi connectivity index (χ0v) is 17.3. The van der Waals surface area contributed by atoms with Crippen LogP contribution >= 0.6 is 0 Å². The molecule has 1 heterocycles. The second-order valence-corrected chi connectivity index (χ2v) is 7.02. The molecule has 30 heavy (non-hydrogen) atoms. The molecule has 0 N–H and O–H groups in total. The number of cyclic esters (lactones) is 1. The van der Waals surface area contributed by atoms with Crippen LogP contribution < -0.4 is 14.2 Å². The van der Waals surface area contributed by atoms with Crippen molar-refractivity contribution in [3.05, 3.63) is 76.9 Å². The first-order valence-corrected chi connectivity index (χ1v) is 9.48. The molecule has 0 aromatic heterocycles. The van der Waals surface area contributed by atoms with E-state index >= 15 is 0 Å². The van der Waals surface area contributed by atoms with Gasteiger partial charge in [0.25, 0.3) is 0 Å². The largest absolute Gasteiger partial charge is 0.493 e. The Hall–Kier alpha value is -3.73. The van der Waals surface area contributed by atoms with Gasteiger partial charge in [-0.3, -0.25) is 0 Å². The van der Waals surface area contributed by atoms with E-state index in [1.807, 2.05) is 18.2 Å². The van der Waals surface area contributed by atoms with E-state index in [4.69, 9.17) is 18.9 Å². The van der Waals surface area contributed by atoms with Crippen molar-refractivity contribution in [3.63, 3.8) is 0 Å². The van der Waals surface area contributed by atoms with Crippen LogP contribution in [0.25, 0.3) is 22.6 Å². The number of hydrogen-bond acceptors (Lipinski definition) is 5. The molecule has 0 saturated heterocycles. The normalized spacial score (nSPS) is 14.6. The second kappa shape index (κ2) is 7.95. The number of rotatable bonds is 5. The van der Waals surface area contributed by atoms with Gasteiger partial charge < -0.3 is 18.9 Å². The number of methoxy groups -OCH3 is 3. The maximum atomic E-state index is 12.5. The van der Waals surface area contributed by atoms with Crippen LogP contribution in [0.1, 0.15) is 16.7 Å². The number of aryl methyl sites for hydroxylation is 1. The van der Waals surface area contributed by atoms with Gasteiger partial charge in [-0.2, -0.15) is 0 Å². The Kier molecular flexibility index (Phi) is 5.19. The van der Waals surface area contributed by atoms with Crippen molar-refractivity contribution in [1.29, 1.82) is 0 Å². The Morgan fingerprint density at radius 1 is 0.833 bits per heavy atom. The topological polar surface area (TPSA) is 54.0 Å². The summed E-state index contributed by atoms with van der Waals surface area (Å²) in [5, 5.41) is 2.24. The van der Waals surface area contributed by atoms with E-state index < -0.39 is 5.97 Å². The van der Waals surface area contributed by atoms with E-state index in [-0.39, 0.29) is 0 Å². The standard InChI is InChI=1S/C25H22O5/c1-15-5-6-18-13-19(8-7-17(18)9-15)21-14-20(25(26)30-21)10-16-11-22(27-2)24(29-4)23(12-16)28-3/h5-14H,1-4H3/b20-10-. The van der Waals surface area contributed by atoms with Crippen molar-refractivity contribution in [2.45, 2.75) is 6.92 Å². The van der Waals surface area contributed by atoms with Gasteiger partial charge in [-0.25, -0.2) is 4.79 Å². The van der Waals surface area contributed by atoms with E-state index in [1.54, 1.807) is 45.6 Å². The number of hydrogen-bond donors (Lipinski definition) is 0. The first-order chi connectivity index (χ1) is 14.5. The first-order valence-electron chi connectivity index (χ1n) is 9.48. The molecule has 0 fully saturated rings. The third-order valence-electron chi connectivity index (χ3n) is 5.01. The fraction of sp³-hybridized carbons (Fsp3) is 0.160. The zero-order valence-electron chi connectivity index (χ0n) is 17.3. The molecule has 152 valence electrons. The molecule has 0 radical (unpaired) electrons. The monoisotopic (exact) mass is 402 g/mol. The van der Waals surface area contributed by atoms with Crippen LogP contribution in [0, 0.1) is 6.92 Å². The number of fused-ring (bicyclic) bond motifs is 1. The summed E-state index contributed by atoms with van der Waals surface area (Å²) in [4.78, 5) is 12.5. The highest BCUT2D eigenvalue weighted by molar-refractivity contribution is 6.05. The van der Waals surface area contributed by atoms with Crippen molar-refractivity contribution in [2.75, 3.05) is 21.3 Å². The van der Waals surface area contributed by atoms with Crippen LogP contribution in [0.2, 0.25) is 0 Å². The lowest BCUT2D eigenvalue weighted by molar-refractivity contribution is -0.130. The summed E-state index contributed by atoms with van der Waals surface area (Å²) in [6.07, 6.45) is 3.49. The average molecular weight is 402 g/mol. The van der Waals surface area contributed by atoms with Crippen LogP contribution in [0.4, 0.5) is 0 Å². The van der Waals surface area contributed by atoms with Gasteiger partial charge in [0, 0.05) is 5.56 Å². The number of esters is 1. The molecule has 1 aliphatic heterocycles. The molecular formula is C25H22O5. The van der Waals surface area contributed by atoms with Crippen LogP contribution in [0.5, 0.6) is 17.2 Å². The predicted octanol–water partition coefficient (Wildman–Crippen LogP) is 5.16. The van der Waals surface area contributed by atoms with E-state index in [0.29, 0.717) is 28.6 Å². The lowest BCUT2D eigenvalue weighted by atomic mass is 10.0. The molecule has 0 aliphatic carbocycles. The molecule has 3 aromatic rings. The average Bonchev–Trinajstić information content (AvgIpc) is 3.12. The van der Waals surface area contributed by atoms with Crippen LogP contribution in [0.15, 0.2) is 60.2 Å². The molecule has 0 unspecified atom stereocenters. The number of benzene rings is 3. The number of ether oxygens (including phenoxy) is 4. The van der Waals surface area contributed by atoms with Crippen molar-refractivity contribution >= 4 is 28.6 Å². The van der Waals surface area contributed by atoms with E-state index in [9.17, 15) is 4.79 Å². The molecule has 4 rings (SSSR count). The maximum Gasteiger partial charge on any atom is 0.343 e. The Labute approximate surface area is 175 Å². The summed E-state index contributed by atoms with van der Waals surface area (Å²) in [6, 6.07) is 15.9. The summed E-state index contributed by atoms with van der Waals surface area (Å²) in [6.45, 7) is 2.06. The summed E-state index contributed by atoms with van der Waals surface area (Å²) in [7, 11) is 4.65. The lowest BCUT2D eigenvalue weighted by Crippen LogP contribution is -1.98. The van der Waals surface area contributed by atoms with Gasteiger partial charge in [-0.1, -0.05) is 35.9 Å². The van der Waals surface area contributed by atoms with Gasteiger partial charge in [-0.15, -0.1) is 0 Å². The smallest absolute Gasteiger partial charge is 0.343 e. The quantitative estimate of drug-likeness (QED) is 0.436. The molecule has 0 atom stereocenters. The van der Waals surface area contributed by atoms with Crippen LogP contribution in [-0.4, -0.2) is 27.3 Å². The molecule has 0 bridgehead atoms. The Morgan fingerprint density at radius 2 is 1.50 bits per heavy atom. The maximum absolute atomic E-state index is 12.5. The fourth-order valence-corrected chi connectivity index (χ4v) is 3.51. The molecule has 3 aromatic carbocycles. The Bertz CT molecular complexity index is 1180. The molecule has 1 aliphatic rings. The fourth-order valence-electron chi connectivity index (χ4n) is 3.51. The van der Waals surface area contributed by atoms with Gasteiger partial charge in [-0.05, 0) is 53.6 Å². The second-order valence-electron chi connectivity index (χ2n) is 7.02. The Morgan fingerprint density at radius 3 is 2.17 bits per heavy atom. The molecule has 0 amide bonds. The van der Waals surface area contributed by atoms with Gasteiger partial charge in [0.1, 0.15) is 5.76 Å². The van der Waals surface area contributed by atoms with Gasteiger partial charge in [0.15, 0.2) is 11.5 Å². The summed E-state index contributed by atoms with van der Waals surface area (Å²) in [5.74, 6) is 1.66. The molecule has 0 spiro atoms. The minimum absolute atomic E-state index is 0.400. The SMILES string of the molecule is COc1cc(/C=C2/C=C(c3ccc4cc(C)ccc4c3)OC2=O)cc(OC)c1OC. The number of carbonyl (C=O) groups is 1. The lowest BCUT2D eigenvalue weighted by Gasteiger charge is -2.12. The van der Waals surface area contributed by atoms with Crippen molar-refractivity contribution in [3.8, 4) is 17.2 Å². The van der Waals surface area contributed by atoms with Crippen LogP contribution in [0.3, 0.4) is 0 Å². The highest BCUT2D eigenvalue weighted by Gasteiger charge is 2.23. The zero-order chi connectivity index (χ0) is 21.3. The third kappa shape index (κ3) is 3.62. The van der Waals surface area contributed by atoms with Gasteiger partial charge in [0.05, 0.1) is 26.9 Å². The predicted molar refractivity (Wildman–Crippen MR) is 117 cm³/mol. The number of carbonyl (C=O) groups excluding carboxylic acids is 1. The Balaban J connectivity index is 1.72. The third-order valence-corrected chi connectivity index (χ3v) is 5.01. The highest BCUT2D eigenvalue weighted by atomic mass is 16.5. The summed E-state index contributed by atoms with van der Waals surface area (Å²) in [5.41, 5.74) is 3.25. The van der Waals surface area contributed by atoms with Crippen molar-refractivity contribution in [1.82, 2.24) is 0 Å². The highest BCUT2D eigenvalue weighted by Crippen LogP contribution is 2.39. The molecular weight excluding hydrogens is 380 g/mol. The van der Waals surface area contributed by atoms with E-state index in [0.717, 1.165) is 21.9 Å². The van der Waals surface area contributed by atoms with Gasteiger partial charge in [0.2, 0.25) is 5.75 Å². The van der Waals surface area contributed by atoms with E-state index in [2.05, 4.69) is 25.1 Å². The van der Waals surface area contributed by atoms with Crippen LogP contribution in [-0.2, 0) is 9.53 Å². The van der Waals surface area contributed by atoms with Crippen molar-refractivity contribution in [2.24, 2.45) is 0 Å². The molecule has 5 heteroatoms. The molecule has 5 nitrogen and oxygen atoms in total. The summed E-state index contributed by atoms with van der Waals surface area (Å²) < 4.78 is 21.6.